The number of carbonyl (C=O) groups is 2. The van der Waals surface area contributed by atoms with Gasteiger partial charge in [0.15, 0.2) is 0 Å². The van der Waals surface area contributed by atoms with Crippen LogP contribution in [0.2, 0.25) is 0 Å². The molecule has 2 heterocycles. The molecule has 0 spiro atoms. The number of methoxy groups -OCH3 is 1. The number of amides is 2. The van der Waals surface area contributed by atoms with Crippen LogP contribution in [-0.4, -0.2) is 74.7 Å². The Morgan fingerprint density at radius 2 is 2.14 bits per heavy atom. The number of ether oxygens (including phenoxy) is 2. The van der Waals surface area contributed by atoms with Crippen LogP contribution in [0.25, 0.3) is 0 Å². The minimum atomic E-state index is -0.440. The molecule has 3 rings (SSSR count). The molecule has 2 aliphatic rings. The second kappa shape index (κ2) is 9.89. The van der Waals surface area contributed by atoms with Crippen molar-refractivity contribution in [3.05, 3.63) is 29.8 Å². The highest BCUT2D eigenvalue weighted by Gasteiger charge is 2.32. The molecule has 2 fully saturated rings. The molecule has 1 atom stereocenters. The second-order valence-electron chi connectivity index (χ2n) is 7.66. The maximum Gasteiger partial charge on any atom is 0.237 e. The van der Waals surface area contributed by atoms with Crippen LogP contribution >= 0.6 is 0 Å². The molecule has 28 heavy (non-hydrogen) atoms. The van der Waals surface area contributed by atoms with Gasteiger partial charge >= 0.3 is 0 Å². The monoisotopic (exact) mass is 389 g/mol. The number of hydrogen-bond donors (Lipinski definition) is 1. The van der Waals surface area contributed by atoms with Gasteiger partial charge in [-0.2, -0.15) is 0 Å². The van der Waals surface area contributed by atoms with Gasteiger partial charge in [-0.1, -0.05) is 12.1 Å². The number of benzene rings is 1. The summed E-state index contributed by atoms with van der Waals surface area (Å²) in [5.41, 5.74) is 1.07. The Labute approximate surface area is 167 Å². The average molecular weight is 389 g/mol. The molecule has 0 aliphatic carbocycles. The van der Waals surface area contributed by atoms with Gasteiger partial charge in [0.05, 0.1) is 19.6 Å². The van der Waals surface area contributed by atoms with Gasteiger partial charge in [0.1, 0.15) is 5.75 Å². The molecule has 1 aromatic rings. The lowest BCUT2D eigenvalue weighted by Crippen LogP contribution is -2.56. The smallest absolute Gasteiger partial charge is 0.237 e. The minimum Gasteiger partial charge on any atom is -0.497 e. The molecule has 2 amide bonds. The van der Waals surface area contributed by atoms with E-state index in [1.807, 2.05) is 31.3 Å². The van der Waals surface area contributed by atoms with Gasteiger partial charge in [0, 0.05) is 46.4 Å². The molecule has 7 nitrogen and oxygen atoms in total. The molecule has 7 heteroatoms. The first-order chi connectivity index (χ1) is 13.6. The lowest BCUT2D eigenvalue weighted by Gasteiger charge is -2.36. The lowest BCUT2D eigenvalue weighted by atomic mass is 9.99. The molecule has 0 unspecified atom stereocenters. The fraction of sp³-hybridized carbons (Fsp3) is 0.619. The predicted octanol–water partition coefficient (Wildman–Crippen LogP) is 1.27. The molecule has 0 radical (unpaired) electrons. The molecular formula is C21H31N3O4. The Balaban J connectivity index is 1.61. The third-order valence-corrected chi connectivity index (χ3v) is 5.63. The van der Waals surface area contributed by atoms with Crippen LogP contribution in [0.4, 0.5) is 0 Å². The Morgan fingerprint density at radius 3 is 2.89 bits per heavy atom. The maximum absolute atomic E-state index is 12.8. The molecule has 2 saturated heterocycles. The van der Waals surface area contributed by atoms with Crippen molar-refractivity contribution in [2.75, 3.05) is 47.0 Å². The summed E-state index contributed by atoms with van der Waals surface area (Å²) in [6.45, 7) is 4.22. The van der Waals surface area contributed by atoms with Crippen molar-refractivity contribution in [2.45, 2.75) is 31.8 Å². The third kappa shape index (κ3) is 5.45. The maximum atomic E-state index is 12.8. The van der Waals surface area contributed by atoms with Crippen LogP contribution in [0.15, 0.2) is 24.3 Å². The fourth-order valence-electron chi connectivity index (χ4n) is 3.92. The zero-order chi connectivity index (χ0) is 19.9. The van der Waals surface area contributed by atoms with Crippen molar-refractivity contribution in [3.8, 4) is 5.75 Å². The molecule has 2 aliphatic heterocycles. The first-order valence-electron chi connectivity index (χ1n) is 10.0. The van der Waals surface area contributed by atoms with Gasteiger partial charge in [-0.15, -0.1) is 0 Å². The third-order valence-electron chi connectivity index (χ3n) is 5.63. The van der Waals surface area contributed by atoms with Gasteiger partial charge in [-0.3, -0.25) is 14.5 Å². The second-order valence-corrected chi connectivity index (χ2v) is 7.66. The summed E-state index contributed by atoms with van der Waals surface area (Å²) in [5, 5.41) is 2.90. The normalized spacial score (nSPS) is 21.2. The van der Waals surface area contributed by atoms with E-state index in [1.165, 1.54) is 0 Å². The number of hydrogen-bond acceptors (Lipinski definition) is 5. The molecular weight excluding hydrogens is 358 g/mol. The first-order valence-corrected chi connectivity index (χ1v) is 10.0. The summed E-state index contributed by atoms with van der Waals surface area (Å²) in [4.78, 5) is 29.2. The molecule has 0 bridgehead atoms. The highest BCUT2D eigenvalue weighted by atomic mass is 16.5. The molecule has 0 aromatic heterocycles. The zero-order valence-corrected chi connectivity index (χ0v) is 16.9. The predicted molar refractivity (Wildman–Crippen MR) is 106 cm³/mol. The molecule has 1 N–H and O–H groups in total. The van der Waals surface area contributed by atoms with Crippen molar-refractivity contribution < 1.29 is 19.1 Å². The topological polar surface area (TPSA) is 71.1 Å². The summed E-state index contributed by atoms with van der Waals surface area (Å²) in [5.74, 6) is 1.23. The van der Waals surface area contributed by atoms with Crippen LogP contribution in [0.3, 0.4) is 0 Å². The summed E-state index contributed by atoms with van der Waals surface area (Å²) in [7, 11) is 3.48. The lowest BCUT2D eigenvalue weighted by molar-refractivity contribution is -0.138. The van der Waals surface area contributed by atoms with Crippen LogP contribution in [0.5, 0.6) is 5.75 Å². The summed E-state index contributed by atoms with van der Waals surface area (Å²) >= 11 is 0. The van der Waals surface area contributed by atoms with Gasteiger partial charge in [0.2, 0.25) is 11.8 Å². The fourth-order valence-corrected chi connectivity index (χ4v) is 3.92. The number of carbonyl (C=O) groups excluding carboxylic acids is 2. The van der Waals surface area contributed by atoms with E-state index in [2.05, 4.69) is 10.2 Å². The van der Waals surface area contributed by atoms with E-state index in [0.29, 0.717) is 19.0 Å². The van der Waals surface area contributed by atoms with Crippen molar-refractivity contribution in [3.63, 3.8) is 0 Å². The number of piperazine rings is 1. The van der Waals surface area contributed by atoms with E-state index < -0.39 is 6.04 Å². The van der Waals surface area contributed by atoms with Crippen molar-refractivity contribution >= 4 is 11.8 Å². The van der Waals surface area contributed by atoms with Crippen molar-refractivity contribution in [1.29, 1.82) is 0 Å². The van der Waals surface area contributed by atoms with E-state index in [4.69, 9.17) is 9.47 Å². The van der Waals surface area contributed by atoms with Crippen molar-refractivity contribution in [1.82, 2.24) is 15.1 Å². The SMILES string of the molecule is COc1cccc(CN2CCNC(=O)[C@@H]2CC(=O)N(C)CC2CCOCC2)c1. The van der Waals surface area contributed by atoms with Gasteiger partial charge in [0.25, 0.3) is 0 Å². The highest BCUT2D eigenvalue weighted by Crippen LogP contribution is 2.20. The van der Waals surface area contributed by atoms with Crippen molar-refractivity contribution in [2.24, 2.45) is 5.92 Å². The van der Waals surface area contributed by atoms with Gasteiger partial charge in [-0.25, -0.2) is 0 Å². The van der Waals surface area contributed by atoms with Gasteiger partial charge < -0.3 is 19.7 Å². The largest absolute Gasteiger partial charge is 0.497 e. The Kier molecular flexibility index (Phi) is 7.28. The summed E-state index contributed by atoms with van der Waals surface area (Å²) in [6, 6.07) is 7.40. The standard InChI is InChI=1S/C21H31N3O4/c1-23(14-16-6-10-28-11-7-16)20(25)13-19-21(26)22-8-9-24(19)15-17-4-3-5-18(12-17)27-2/h3-5,12,16,19H,6-11,13-15H2,1-2H3,(H,22,26)/t19-/m0/s1. The van der Waals surface area contributed by atoms with Crippen LogP contribution in [0.1, 0.15) is 24.8 Å². The average Bonchev–Trinajstić information content (AvgIpc) is 2.71. The van der Waals surface area contributed by atoms with E-state index in [-0.39, 0.29) is 18.2 Å². The molecule has 1 aromatic carbocycles. The van der Waals surface area contributed by atoms with E-state index >= 15 is 0 Å². The molecule has 0 saturated carbocycles. The first kappa shape index (κ1) is 20.6. The highest BCUT2D eigenvalue weighted by molar-refractivity contribution is 5.88. The Morgan fingerprint density at radius 1 is 1.36 bits per heavy atom. The van der Waals surface area contributed by atoms with E-state index in [0.717, 1.165) is 50.5 Å². The minimum absolute atomic E-state index is 0.0178. The number of nitrogens with zero attached hydrogens (tertiary/aromatic N) is 2. The van der Waals surface area contributed by atoms with E-state index in [9.17, 15) is 9.59 Å². The van der Waals surface area contributed by atoms with Crippen LogP contribution in [0, 0.1) is 5.92 Å². The number of nitrogens with one attached hydrogen (secondary N) is 1. The summed E-state index contributed by atoms with van der Waals surface area (Å²) in [6.07, 6.45) is 2.18. The Hall–Kier alpha value is -2.12. The van der Waals surface area contributed by atoms with Crippen LogP contribution < -0.4 is 10.1 Å². The number of rotatable bonds is 7. The van der Waals surface area contributed by atoms with Gasteiger partial charge in [-0.05, 0) is 36.5 Å². The molecule has 154 valence electrons. The van der Waals surface area contributed by atoms with Crippen LogP contribution in [-0.2, 0) is 20.9 Å². The quantitative estimate of drug-likeness (QED) is 0.761. The zero-order valence-electron chi connectivity index (χ0n) is 16.9. The Bertz CT molecular complexity index is 675. The summed E-state index contributed by atoms with van der Waals surface area (Å²) < 4.78 is 10.7. The van der Waals surface area contributed by atoms with E-state index in [1.54, 1.807) is 12.0 Å².